The van der Waals surface area contributed by atoms with Gasteiger partial charge >= 0.3 is 5.97 Å². The first kappa shape index (κ1) is 15.2. The van der Waals surface area contributed by atoms with E-state index in [4.69, 9.17) is 5.11 Å². The number of carbonyl (C=O) groups excluding carboxylic acids is 1. The summed E-state index contributed by atoms with van der Waals surface area (Å²) in [5, 5.41) is 14.6. The lowest BCUT2D eigenvalue weighted by Gasteiger charge is -2.08. The van der Waals surface area contributed by atoms with Gasteiger partial charge in [-0.05, 0) is 25.5 Å². The average molecular weight is 304 g/mol. The number of amides is 1. The summed E-state index contributed by atoms with van der Waals surface area (Å²) in [6, 6.07) is 4.91. The van der Waals surface area contributed by atoms with Gasteiger partial charge in [-0.3, -0.25) is 4.79 Å². The van der Waals surface area contributed by atoms with Gasteiger partial charge in [-0.25, -0.2) is 9.78 Å². The van der Waals surface area contributed by atoms with E-state index in [2.05, 4.69) is 10.3 Å². The Balaban J connectivity index is 2.10. The second-order valence-electron chi connectivity index (χ2n) is 4.67. The van der Waals surface area contributed by atoms with E-state index in [0.717, 1.165) is 17.0 Å². The molecule has 0 saturated heterocycles. The Morgan fingerprint density at radius 2 is 2.14 bits per heavy atom. The van der Waals surface area contributed by atoms with Gasteiger partial charge in [0, 0.05) is 5.38 Å². The lowest BCUT2D eigenvalue weighted by Crippen LogP contribution is -2.17. The van der Waals surface area contributed by atoms with Gasteiger partial charge in [0.05, 0.1) is 28.4 Å². The lowest BCUT2D eigenvalue weighted by atomic mass is 10.1. The van der Waals surface area contributed by atoms with E-state index in [0.29, 0.717) is 11.4 Å². The van der Waals surface area contributed by atoms with Crippen molar-refractivity contribution in [2.45, 2.75) is 26.7 Å². The Hall–Kier alpha value is -2.21. The standard InChI is InChI=1S/C15H16N2O3S/c1-3-14-16-10(8-21-14)7-13(18)17-12-5-4-9(2)6-11(12)15(19)20/h4-6,8H,3,7H2,1-2H3,(H,17,18)(H,19,20). The molecule has 1 aromatic carbocycles. The highest BCUT2D eigenvalue weighted by atomic mass is 32.1. The molecule has 0 unspecified atom stereocenters. The van der Waals surface area contributed by atoms with Crippen LogP contribution < -0.4 is 5.32 Å². The van der Waals surface area contributed by atoms with Crippen LogP contribution in [0.15, 0.2) is 23.6 Å². The minimum Gasteiger partial charge on any atom is -0.478 e. The van der Waals surface area contributed by atoms with Gasteiger partial charge in [-0.2, -0.15) is 0 Å². The molecule has 6 heteroatoms. The topological polar surface area (TPSA) is 79.3 Å². The first-order valence-corrected chi connectivity index (χ1v) is 7.44. The fourth-order valence-electron chi connectivity index (χ4n) is 1.90. The number of carboxylic acid groups (broad SMARTS) is 1. The van der Waals surface area contributed by atoms with Gasteiger partial charge in [0.25, 0.3) is 0 Å². The smallest absolute Gasteiger partial charge is 0.337 e. The van der Waals surface area contributed by atoms with E-state index in [1.54, 1.807) is 19.1 Å². The number of thiazole rings is 1. The highest BCUT2D eigenvalue weighted by Crippen LogP contribution is 2.18. The number of anilines is 1. The zero-order valence-corrected chi connectivity index (χ0v) is 12.7. The number of nitrogens with one attached hydrogen (secondary N) is 1. The van der Waals surface area contributed by atoms with Crippen molar-refractivity contribution in [3.63, 3.8) is 0 Å². The summed E-state index contributed by atoms with van der Waals surface area (Å²) in [5.41, 5.74) is 1.94. The molecule has 0 atom stereocenters. The van der Waals surface area contributed by atoms with Crippen LogP contribution in [-0.4, -0.2) is 22.0 Å². The molecule has 0 fully saturated rings. The van der Waals surface area contributed by atoms with Crippen LogP contribution in [0.2, 0.25) is 0 Å². The Morgan fingerprint density at radius 3 is 2.76 bits per heavy atom. The maximum Gasteiger partial charge on any atom is 0.337 e. The molecule has 1 amide bonds. The third-order valence-electron chi connectivity index (χ3n) is 2.92. The molecule has 1 aromatic heterocycles. The Morgan fingerprint density at radius 1 is 1.38 bits per heavy atom. The van der Waals surface area contributed by atoms with E-state index in [-0.39, 0.29) is 17.9 Å². The van der Waals surface area contributed by atoms with Crippen molar-refractivity contribution in [1.82, 2.24) is 4.98 Å². The molecule has 0 spiro atoms. The maximum atomic E-state index is 12.0. The molecule has 0 saturated carbocycles. The molecule has 0 aliphatic carbocycles. The first-order chi connectivity index (χ1) is 9.99. The minimum atomic E-state index is -1.06. The van der Waals surface area contributed by atoms with E-state index < -0.39 is 5.97 Å². The summed E-state index contributed by atoms with van der Waals surface area (Å²) in [7, 11) is 0. The SMILES string of the molecule is CCc1nc(CC(=O)Nc2ccc(C)cc2C(=O)O)cs1. The van der Waals surface area contributed by atoms with E-state index in [9.17, 15) is 9.59 Å². The largest absolute Gasteiger partial charge is 0.478 e. The van der Waals surface area contributed by atoms with E-state index >= 15 is 0 Å². The molecule has 0 aliphatic heterocycles. The molecular formula is C15H16N2O3S. The third-order valence-corrected chi connectivity index (χ3v) is 3.96. The second-order valence-corrected chi connectivity index (χ2v) is 5.61. The van der Waals surface area contributed by atoms with Crippen molar-refractivity contribution in [1.29, 1.82) is 0 Å². The van der Waals surface area contributed by atoms with Gasteiger partial charge in [0.2, 0.25) is 5.91 Å². The van der Waals surface area contributed by atoms with Crippen molar-refractivity contribution in [2.75, 3.05) is 5.32 Å². The predicted molar refractivity (Wildman–Crippen MR) is 82.0 cm³/mol. The molecule has 0 aliphatic rings. The number of aromatic carboxylic acids is 1. The summed E-state index contributed by atoms with van der Waals surface area (Å²) in [4.78, 5) is 27.5. The summed E-state index contributed by atoms with van der Waals surface area (Å²) in [5.74, 6) is -1.33. The molecule has 2 N–H and O–H groups in total. The van der Waals surface area contributed by atoms with Gasteiger partial charge in [-0.15, -0.1) is 11.3 Å². The van der Waals surface area contributed by atoms with Crippen molar-refractivity contribution < 1.29 is 14.7 Å². The molecular weight excluding hydrogens is 288 g/mol. The number of hydrogen-bond acceptors (Lipinski definition) is 4. The third kappa shape index (κ3) is 3.88. The normalized spacial score (nSPS) is 10.4. The molecule has 5 nitrogen and oxygen atoms in total. The van der Waals surface area contributed by atoms with Crippen LogP contribution in [0.4, 0.5) is 5.69 Å². The highest BCUT2D eigenvalue weighted by Gasteiger charge is 2.14. The number of rotatable bonds is 5. The second kappa shape index (κ2) is 6.49. The van der Waals surface area contributed by atoms with Crippen LogP contribution in [0.5, 0.6) is 0 Å². The summed E-state index contributed by atoms with van der Waals surface area (Å²) >= 11 is 1.52. The van der Waals surface area contributed by atoms with Crippen molar-refractivity contribution in [3.8, 4) is 0 Å². The van der Waals surface area contributed by atoms with Gasteiger partial charge in [0.15, 0.2) is 0 Å². The molecule has 110 valence electrons. The average Bonchev–Trinajstić information content (AvgIpc) is 2.88. The Labute approximate surface area is 126 Å². The van der Waals surface area contributed by atoms with Crippen LogP contribution in [0.3, 0.4) is 0 Å². The number of aryl methyl sites for hydroxylation is 2. The molecule has 2 rings (SSSR count). The number of benzene rings is 1. The van der Waals surface area contributed by atoms with Gasteiger partial charge in [-0.1, -0.05) is 18.6 Å². The minimum absolute atomic E-state index is 0.0934. The zero-order chi connectivity index (χ0) is 15.4. The molecule has 2 aromatic rings. The predicted octanol–water partition coefficient (Wildman–Crippen LogP) is 2.89. The van der Waals surface area contributed by atoms with Gasteiger partial charge in [0.1, 0.15) is 0 Å². The molecule has 21 heavy (non-hydrogen) atoms. The Bertz CT molecular complexity index is 679. The summed E-state index contributed by atoms with van der Waals surface area (Å²) < 4.78 is 0. The van der Waals surface area contributed by atoms with Crippen molar-refractivity contribution >= 4 is 28.9 Å². The maximum absolute atomic E-state index is 12.0. The first-order valence-electron chi connectivity index (χ1n) is 6.56. The van der Waals surface area contributed by atoms with Crippen molar-refractivity contribution in [3.05, 3.63) is 45.4 Å². The van der Waals surface area contributed by atoms with Crippen LogP contribution in [0, 0.1) is 6.92 Å². The van der Waals surface area contributed by atoms with Crippen LogP contribution >= 0.6 is 11.3 Å². The number of carbonyl (C=O) groups is 2. The molecule has 0 radical (unpaired) electrons. The Kier molecular flexibility index (Phi) is 4.70. The van der Waals surface area contributed by atoms with Crippen LogP contribution in [-0.2, 0) is 17.6 Å². The number of hydrogen-bond donors (Lipinski definition) is 2. The molecule has 0 bridgehead atoms. The summed E-state index contributed by atoms with van der Waals surface area (Å²) in [6.45, 7) is 3.81. The van der Waals surface area contributed by atoms with Crippen LogP contribution in [0.1, 0.15) is 33.5 Å². The van der Waals surface area contributed by atoms with Crippen molar-refractivity contribution in [2.24, 2.45) is 0 Å². The monoisotopic (exact) mass is 304 g/mol. The quantitative estimate of drug-likeness (QED) is 0.890. The zero-order valence-electron chi connectivity index (χ0n) is 11.8. The fourth-order valence-corrected chi connectivity index (χ4v) is 2.64. The summed E-state index contributed by atoms with van der Waals surface area (Å²) in [6.07, 6.45) is 0.983. The number of nitrogens with zero attached hydrogens (tertiary/aromatic N) is 1. The van der Waals surface area contributed by atoms with Crippen LogP contribution in [0.25, 0.3) is 0 Å². The lowest BCUT2D eigenvalue weighted by molar-refractivity contribution is -0.115. The van der Waals surface area contributed by atoms with E-state index in [1.165, 1.54) is 17.4 Å². The van der Waals surface area contributed by atoms with E-state index in [1.807, 2.05) is 12.3 Å². The number of carboxylic acids is 1. The highest BCUT2D eigenvalue weighted by molar-refractivity contribution is 7.09. The van der Waals surface area contributed by atoms with Gasteiger partial charge < -0.3 is 10.4 Å². The fraction of sp³-hybridized carbons (Fsp3) is 0.267. The number of aromatic nitrogens is 1. The molecule has 1 heterocycles.